The summed E-state index contributed by atoms with van der Waals surface area (Å²) in [5.74, 6) is -0.377. The van der Waals surface area contributed by atoms with Gasteiger partial charge >= 0.3 is 5.97 Å². The van der Waals surface area contributed by atoms with Crippen LogP contribution in [0.2, 0.25) is 0 Å². The van der Waals surface area contributed by atoms with Crippen LogP contribution in [0.5, 0.6) is 0 Å². The molecule has 0 aliphatic carbocycles. The summed E-state index contributed by atoms with van der Waals surface area (Å²) in [4.78, 5) is 17.9. The maximum atomic E-state index is 11.5. The Bertz CT molecular complexity index is 602. The molecule has 0 unspecified atom stereocenters. The molecule has 6 nitrogen and oxygen atoms in total. The third-order valence-electron chi connectivity index (χ3n) is 3.08. The van der Waals surface area contributed by atoms with Crippen molar-refractivity contribution in [3.8, 4) is 0 Å². The lowest BCUT2D eigenvalue weighted by atomic mass is 10.2. The van der Waals surface area contributed by atoms with Gasteiger partial charge in [-0.15, -0.1) is 0 Å². The van der Waals surface area contributed by atoms with E-state index in [4.69, 9.17) is 9.15 Å². The minimum Gasteiger partial charge on any atom is -0.465 e. The highest BCUT2D eigenvalue weighted by Crippen LogP contribution is 2.23. The van der Waals surface area contributed by atoms with Gasteiger partial charge in [0.1, 0.15) is 5.52 Å². The van der Waals surface area contributed by atoms with Crippen LogP contribution in [-0.2, 0) is 9.47 Å². The summed E-state index contributed by atoms with van der Waals surface area (Å²) in [6.45, 7) is 2.87. The van der Waals surface area contributed by atoms with Crippen molar-refractivity contribution in [3.05, 3.63) is 23.8 Å². The number of carbonyl (C=O) groups excluding carboxylic acids is 1. The van der Waals surface area contributed by atoms with Crippen LogP contribution in [-0.4, -0.2) is 44.4 Å². The second kappa shape index (κ2) is 4.89. The number of rotatable bonds is 2. The van der Waals surface area contributed by atoms with Crippen molar-refractivity contribution in [2.24, 2.45) is 0 Å². The van der Waals surface area contributed by atoms with E-state index in [2.05, 4.69) is 9.72 Å². The number of hydrogen-bond donors (Lipinski definition) is 0. The van der Waals surface area contributed by atoms with E-state index in [9.17, 15) is 4.79 Å². The van der Waals surface area contributed by atoms with Gasteiger partial charge in [-0.05, 0) is 18.2 Å². The van der Waals surface area contributed by atoms with Crippen molar-refractivity contribution in [2.45, 2.75) is 0 Å². The largest absolute Gasteiger partial charge is 0.465 e. The Kier molecular flexibility index (Phi) is 3.08. The lowest BCUT2D eigenvalue weighted by Crippen LogP contribution is -2.36. The molecule has 0 bridgehead atoms. The van der Waals surface area contributed by atoms with Gasteiger partial charge in [-0.25, -0.2) is 4.79 Å². The van der Waals surface area contributed by atoms with E-state index in [0.29, 0.717) is 35.9 Å². The maximum absolute atomic E-state index is 11.5. The van der Waals surface area contributed by atoms with Crippen LogP contribution < -0.4 is 4.90 Å². The van der Waals surface area contributed by atoms with E-state index in [1.54, 1.807) is 18.2 Å². The molecule has 0 N–H and O–H groups in total. The number of esters is 1. The first kappa shape index (κ1) is 12.0. The van der Waals surface area contributed by atoms with Crippen LogP contribution in [0, 0.1) is 0 Å². The number of morpholine rings is 1. The zero-order valence-corrected chi connectivity index (χ0v) is 10.6. The average molecular weight is 262 g/mol. The number of carbonyl (C=O) groups is 1. The molecule has 2 aromatic rings. The van der Waals surface area contributed by atoms with Crippen molar-refractivity contribution in [2.75, 3.05) is 38.3 Å². The Labute approximate surface area is 109 Å². The number of oxazole rings is 1. The third-order valence-corrected chi connectivity index (χ3v) is 3.08. The van der Waals surface area contributed by atoms with Gasteiger partial charge in [0.25, 0.3) is 6.01 Å². The van der Waals surface area contributed by atoms with Crippen molar-refractivity contribution in [1.29, 1.82) is 0 Å². The standard InChI is InChI=1S/C13H14N2O4/c1-17-12(16)9-2-3-11-10(8-9)14-13(19-11)15-4-6-18-7-5-15/h2-3,8H,4-7H2,1H3. The second-order valence-electron chi connectivity index (χ2n) is 4.27. The predicted molar refractivity (Wildman–Crippen MR) is 68.4 cm³/mol. The lowest BCUT2D eigenvalue weighted by Gasteiger charge is -2.24. The van der Waals surface area contributed by atoms with E-state index < -0.39 is 0 Å². The molecule has 19 heavy (non-hydrogen) atoms. The molecule has 0 amide bonds. The molecule has 1 aromatic heterocycles. The molecule has 3 rings (SSSR count). The molecule has 1 fully saturated rings. The van der Waals surface area contributed by atoms with Crippen LogP contribution in [0.4, 0.5) is 6.01 Å². The summed E-state index contributed by atoms with van der Waals surface area (Å²) in [5.41, 5.74) is 1.79. The number of aromatic nitrogens is 1. The van der Waals surface area contributed by atoms with E-state index in [1.807, 2.05) is 4.90 Å². The number of methoxy groups -OCH3 is 1. The van der Waals surface area contributed by atoms with E-state index in [-0.39, 0.29) is 5.97 Å². The molecule has 100 valence electrons. The predicted octanol–water partition coefficient (Wildman–Crippen LogP) is 1.45. The van der Waals surface area contributed by atoms with Gasteiger partial charge in [0.05, 0.1) is 25.9 Å². The van der Waals surface area contributed by atoms with Gasteiger partial charge in [0.2, 0.25) is 0 Å². The zero-order valence-electron chi connectivity index (χ0n) is 10.6. The van der Waals surface area contributed by atoms with Crippen LogP contribution in [0.25, 0.3) is 11.1 Å². The molecule has 6 heteroatoms. The SMILES string of the molecule is COC(=O)c1ccc2oc(N3CCOCC3)nc2c1. The fourth-order valence-electron chi connectivity index (χ4n) is 2.05. The number of fused-ring (bicyclic) bond motifs is 1. The second-order valence-corrected chi connectivity index (χ2v) is 4.27. The minimum atomic E-state index is -0.377. The summed E-state index contributed by atoms with van der Waals surface area (Å²) in [6.07, 6.45) is 0. The molecule has 0 saturated carbocycles. The summed E-state index contributed by atoms with van der Waals surface area (Å²) >= 11 is 0. The first-order valence-corrected chi connectivity index (χ1v) is 6.09. The number of hydrogen-bond acceptors (Lipinski definition) is 6. The highest BCUT2D eigenvalue weighted by atomic mass is 16.5. The minimum absolute atomic E-state index is 0.377. The Morgan fingerprint density at radius 1 is 1.37 bits per heavy atom. The van der Waals surface area contributed by atoms with Crippen molar-refractivity contribution < 1.29 is 18.7 Å². The Hall–Kier alpha value is -2.08. The molecule has 0 atom stereocenters. The van der Waals surface area contributed by atoms with Gasteiger partial charge in [0, 0.05) is 13.1 Å². The molecule has 1 aromatic carbocycles. The molecule has 2 heterocycles. The Balaban J connectivity index is 1.93. The average Bonchev–Trinajstić information content (AvgIpc) is 2.90. The quantitative estimate of drug-likeness (QED) is 0.763. The third kappa shape index (κ3) is 2.26. The van der Waals surface area contributed by atoms with Gasteiger partial charge in [-0.1, -0.05) is 0 Å². The molecular weight excluding hydrogens is 248 g/mol. The maximum Gasteiger partial charge on any atom is 0.337 e. The molecule has 0 radical (unpaired) electrons. The zero-order chi connectivity index (χ0) is 13.2. The highest BCUT2D eigenvalue weighted by Gasteiger charge is 2.17. The topological polar surface area (TPSA) is 64.8 Å². The molecule has 0 spiro atoms. The lowest BCUT2D eigenvalue weighted by molar-refractivity contribution is 0.0601. The van der Waals surface area contributed by atoms with Gasteiger partial charge in [-0.3, -0.25) is 0 Å². The van der Waals surface area contributed by atoms with Crippen molar-refractivity contribution in [3.63, 3.8) is 0 Å². The molecule has 1 aliphatic rings. The number of anilines is 1. The van der Waals surface area contributed by atoms with Gasteiger partial charge in [-0.2, -0.15) is 4.98 Å². The Morgan fingerprint density at radius 2 is 2.16 bits per heavy atom. The van der Waals surface area contributed by atoms with Crippen molar-refractivity contribution >= 4 is 23.1 Å². The van der Waals surface area contributed by atoms with Crippen LogP contribution in [0.3, 0.4) is 0 Å². The fourth-order valence-corrected chi connectivity index (χ4v) is 2.05. The first-order valence-electron chi connectivity index (χ1n) is 6.09. The van der Waals surface area contributed by atoms with Crippen LogP contribution in [0.1, 0.15) is 10.4 Å². The van der Waals surface area contributed by atoms with Crippen LogP contribution >= 0.6 is 0 Å². The summed E-state index contributed by atoms with van der Waals surface area (Å²) in [6, 6.07) is 5.65. The van der Waals surface area contributed by atoms with Crippen molar-refractivity contribution in [1.82, 2.24) is 4.98 Å². The fraction of sp³-hybridized carbons (Fsp3) is 0.385. The summed E-state index contributed by atoms with van der Waals surface area (Å²) in [7, 11) is 1.36. The monoisotopic (exact) mass is 262 g/mol. The van der Waals surface area contributed by atoms with E-state index >= 15 is 0 Å². The molecule has 1 saturated heterocycles. The molecular formula is C13H14N2O4. The van der Waals surface area contributed by atoms with E-state index in [0.717, 1.165) is 13.1 Å². The highest BCUT2D eigenvalue weighted by molar-refractivity contribution is 5.93. The van der Waals surface area contributed by atoms with Crippen LogP contribution in [0.15, 0.2) is 22.6 Å². The molecule has 1 aliphatic heterocycles. The van der Waals surface area contributed by atoms with Gasteiger partial charge in [0.15, 0.2) is 5.58 Å². The summed E-state index contributed by atoms with van der Waals surface area (Å²) < 4.78 is 15.7. The number of nitrogens with zero attached hydrogens (tertiary/aromatic N) is 2. The Morgan fingerprint density at radius 3 is 2.89 bits per heavy atom. The number of ether oxygens (including phenoxy) is 2. The smallest absolute Gasteiger partial charge is 0.337 e. The number of benzene rings is 1. The normalized spacial score (nSPS) is 15.7. The first-order chi connectivity index (χ1) is 9.28. The van der Waals surface area contributed by atoms with E-state index in [1.165, 1.54) is 7.11 Å². The van der Waals surface area contributed by atoms with Gasteiger partial charge < -0.3 is 18.8 Å². The summed E-state index contributed by atoms with van der Waals surface area (Å²) in [5, 5.41) is 0.